The van der Waals surface area contributed by atoms with Gasteiger partial charge in [0, 0.05) is 26.2 Å². The molecule has 0 aliphatic carbocycles. The molecule has 0 radical (unpaired) electrons. The van der Waals surface area contributed by atoms with Crippen molar-refractivity contribution in [1.82, 2.24) is 14.5 Å². The van der Waals surface area contributed by atoms with E-state index in [2.05, 4.69) is 12.2 Å². The number of benzene rings is 2. The van der Waals surface area contributed by atoms with Crippen molar-refractivity contribution in [2.24, 2.45) is 0 Å². The minimum atomic E-state index is -3.34. The van der Waals surface area contributed by atoms with E-state index >= 15 is 0 Å². The summed E-state index contributed by atoms with van der Waals surface area (Å²) < 4.78 is 26.9. The number of nitrogens with zero attached hydrogens (tertiary/aromatic N) is 2. The van der Waals surface area contributed by atoms with Gasteiger partial charge in [0.25, 0.3) is 0 Å². The molecule has 1 N–H and O–H groups in total. The van der Waals surface area contributed by atoms with Gasteiger partial charge in [0.15, 0.2) is 0 Å². The van der Waals surface area contributed by atoms with Crippen molar-refractivity contribution in [3.05, 3.63) is 71.8 Å². The van der Waals surface area contributed by atoms with Gasteiger partial charge in [-0.25, -0.2) is 8.42 Å². The van der Waals surface area contributed by atoms with E-state index < -0.39 is 10.0 Å². The van der Waals surface area contributed by atoms with Crippen molar-refractivity contribution in [2.75, 3.05) is 32.7 Å². The molecule has 3 rings (SSSR count). The molecule has 1 heterocycles. The number of hydrogen-bond donors (Lipinski definition) is 1. The Morgan fingerprint density at radius 3 is 2.17 bits per heavy atom. The lowest BCUT2D eigenvalue weighted by Crippen LogP contribution is -2.51. The summed E-state index contributed by atoms with van der Waals surface area (Å²) in [5.41, 5.74) is 1.91. The highest BCUT2D eigenvalue weighted by Gasteiger charge is 2.28. The third kappa shape index (κ3) is 6.39. The number of rotatable bonds is 9. The van der Waals surface area contributed by atoms with Gasteiger partial charge < -0.3 is 5.32 Å². The second-order valence-electron chi connectivity index (χ2n) is 7.74. The Hall–Kier alpha value is -2.22. The van der Waals surface area contributed by atoms with Crippen LogP contribution < -0.4 is 5.32 Å². The third-order valence-corrected chi connectivity index (χ3v) is 7.25. The average molecular weight is 430 g/mol. The predicted octanol–water partition coefficient (Wildman–Crippen LogP) is 2.79. The lowest BCUT2D eigenvalue weighted by Gasteiger charge is -2.34. The van der Waals surface area contributed by atoms with Crippen LogP contribution in [-0.2, 0) is 20.6 Å². The number of hydrogen-bond acceptors (Lipinski definition) is 4. The molecule has 2 aromatic rings. The number of sulfonamides is 1. The monoisotopic (exact) mass is 429 g/mol. The fourth-order valence-electron chi connectivity index (χ4n) is 3.78. The van der Waals surface area contributed by atoms with Gasteiger partial charge in [-0.05, 0) is 17.5 Å². The highest BCUT2D eigenvalue weighted by molar-refractivity contribution is 7.88. The van der Waals surface area contributed by atoms with E-state index in [9.17, 15) is 13.2 Å². The van der Waals surface area contributed by atoms with Crippen molar-refractivity contribution in [3.63, 3.8) is 0 Å². The predicted molar refractivity (Wildman–Crippen MR) is 119 cm³/mol. The molecule has 1 fully saturated rings. The van der Waals surface area contributed by atoms with E-state index in [1.807, 2.05) is 65.6 Å². The molecule has 0 saturated carbocycles. The van der Waals surface area contributed by atoms with Gasteiger partial charge in [-0.1, -0.05) is 74.0 Å². The standard InChI is InChI=1S/C23H31N3O3S/c1-2-9-22(21-12-7-4-8-13-21)24-23(27)18-25-14-16-26(17-15-25)30(28,29)19-20-10-5-3-6-11-20/h3-8,10-13,22H,2,9,14-19H2,1H3,(H,24,27)/t22-/m1/s1. The van der Waals surface area contributed by atoms with E-state index in [4.69, 9.17) is 0 Å². The molecule has 30 heavy (non-hydrogen) atoms. The molecule has 162 valence electrons. The summed E-state index contributed by atoms with van der Waals surface area (Å²) in [5, 5.41) is 3.14. The highest BCUT2D eigenvalue weighted by Crippen LogP contribution is 2.18. The molecule has 1 aliphatic heterocycles. The fourth-order valence-corrected chi connectivity index (χ4v) is 5.30. The zero-order valence-electron chi connectivity index (χ0n) is 17.5. The lowest BCUT2D eigenvalue weighted by atomic mass is 10.0. The summed E-state index contributed by atoms with van der Waals surface area (Å²) in [6.07, 6.45) is 1.87. The van der Waals surface area contributed by atoms with Gasteiger partial charge in [-0.3, -0.25) is 9.69 Å². The summed E-state index contributed by atoms with van der Waals surface area (Å²) >= 11 is 0. The minimum Gasteiger partial charge on any atom is -0.348 e. The zero-order valence-corrected chi connectivity index (χ0v) is 18.4. The zero-order chi connectivity index (χ0) is 21.4. The molecule has 0 unspecified atom stereocenters. The average Bonchev–Trinajstić information content (AvgIpc) is 2.75. The maximum Gasteiger partial charge on any atom is 0.234 e. The first kappa shape index (κ1) is 22.5. The quantitative estimate of drug-likeness (QED) is 0.666. The number of carbonyl (C=O) groups excluding carboxylic acids is 1. The number of piperazine rings is 1. The Balaban J connectivity index is 1.49. The van der Waals surface area contributed by atoms with Gasteiger partial charge in [-0.2, -0.15) is 4.31 Å². The fraction of sp³-hybridized carbons (Fsp3) is 0.435. The Morgan fingerprint density at radius 2 is 1.57 bits per heavy atom. The maximum absolute atomic E-state index is 12.7. The van der Waals surface area contributed by atoms with E-state index in [-0.39, 0.29) is 17.7 Å². The lowest BCUT2D eigenvalue weighted by molar-refractivity contribution is -0.123. The molecule has 6 nitrogen and oxygen atoms in total. The number of carbonyl (C=O) groups is 1. The van der Waals surface area contributed by atoms with Crippen LogP contribution in [-0.4, -0.2) is 56.3 Å². The van der Waals surface area contributed by atoms with Crippen LogP contribution in [0.4, 0.5) is 0 Å². The number of nitrogens with one attached hydrogen (secondary N) is 1. The first-order valence-corrected chi connectivity index (χ1v) is 12.2. The van der Waals surface area contributed by atoms with Crippen LogP contribution in [0, 0.1) is 0 Å². The maximum atomic E-state index is 12.7. The van der Waals surface area contributed by atoms with Gasteiger partial charge in [0.05, 0.1) is 18.3 Å². The largest absolute Gasteiger partial charge is 0.348 e. The molecule has 2 aromatic carbocycles. The molecule has 0 bridgehead atoms. The molecule has 0 aromatic heterocycles. The van der Waals surface area contributed by atoms with Gasteiger partial charge in [-0.15, -0.1) is 0 Å². The normalized spacial score (nSPS) is 16.8. The summed E-state index contributed by atoms with van der Waals surface area (Å²) in [6, 6.07) is 19.3. The van der Waals surface area contributed by atoms with Crippen molar-refractivity contribution >= 4 is 15.9 Å². The van der Waals surface area contributed by atoms with Crippen LogP contribution in [0.5, 0.6) is 0 Å². The molecule has 1 aliphatic rings. The van der Waals surface area contributed by atoms with Crippen molar-refractivity contribution < 1.29 is 13.2 Å². The molecule has 1 saturated heterocycles. The highest BCUT2D eigenvalue weighted by atomic mass is 32.2. The van der Waals surface area contributed by atoms with Crippen LogP contribution in [0.25, 0.3) is 0 Å². The topological polar surface area (TPSA) is 69.7 Å². The molecule has 0 spiro atoms. The van der Waals surface area contributed by atoms with E-state index in [1.165, 1.54) is 4.31 Å². The van der Waals surface area contributed by atoms with Crippen LogP contribution >= 0.6 is 0 Å². The Labute approximate surface area is 179 Å². The molecule has 1 atom stereocenters. The Bertz CT molecular complexity index is 896. The van der Waals surface area contributed by atoms with Crippen LogP contribution in [0.1, 0.15) is 36.9 Å². The molecular weight excluding hydrogens is 398 g/mol. The smallest absolute Gasteiger partial charge is 0.234 e. The minimum absolute atomic E-state index is 0.0104. The van der Waals surface area contributed by atoms with Crippen molar-refractivity contribution in [1.29, 1.82) is 0 Å². The first-order valence-electron chi connectivity index (χ1n) is 10.6. The van der Waals surface area contributed by atoms with E-state index in [1.54, 1.807) is 0 Å². The van der Waals surface area contributed by atoms with Gasteiger partial charge in [0.2, 0.25) is 15.9 Å². The van der Waals surface area contributed by atoms with E-state index in [0.717, 1.165) is 24.0 Å². The van der Waals surface area contributed by atoms with Crippen molar-refractivity contribution in [2.45, 2.75) is 31.6 Å². The number of amides is 1. The second-order valence-corrected chi connectivity index (χ2v) is 9.71. The second kappa shape index (κ2) is 10.7. The van der Waals surface area contributed by atoms with E-state index in [0.29, 0.717) is 32.7 Å². The third-order valence-electron chi connectivity index (χ3n) is 5.40. The van der Waals surface area contributed by atoms with Gasteiger partial charge >= 0.3 is 0 Å². The van der Waals surface area contributed by atoms with Crippen LogP contribution in [0.15, 0.2) is 60.7 Å². The summed E-state index contributed by atoms with van der Waals surface area (Å²) in [6.45, 7) is 4.35. The first-order chi connectivity index (χ1) is 14.5. The molecule has 1 amide bonds. The van der Waals surface area contributed by atoms with Gasteiger partial charge in [0.1, 0.15) is 0 Å². The Morgan fingerprint density at radius 1 is 0.967 bits per heavy atom. The van der Waals surface area contributed by atoms with Crippen molar-refractivity contribution in [3.8, 4) is 0 Å². The molecular formula is C23H31N3O3S. The SMILES string of the molecule is CCC[C@@H](NC(=O)CN1CCN(S(=O)(=O)Cc2ccccc2)CC1)c1ccccc1. The molecule has 7 heteroatoms. The summed E-state index contributed by atoms with van der Waals surface area (Å²) in [7, 11) is -3.34. The summed E-state index contributed by atoms with van der Waals surface area (Å²) in [5.74, 6) is 0.00212. The van der Waals surface area contributed by atoms with Crippen LogP contribution in [0.3, 0.4) is 0 Å². The summed E-state index contributed by atoms with van der Waals surface area (Å²) in [4.78, 5) is 14.6. The van der Waals surface area contributed by atoms with Crippen LogP contribution in [0.2, 0.25) is 0 Å². The Kier molecular flexibility index (Phi) is 8.01.